The molecule has 3 N–H and O–H groups in total. The maximum atomic E-state index is 12.2. The zero-order valence-corrected chi connectivity index (χ0v) is 22.1. The van der Waals surface area contributed by atoms with Crippen LogP contribution in [0, 0.1) is 11.1 Å². The molecule has 3 aromatic carbocycles. The Labute approximate surface area is 227 Å². The number of thioether (sulfide) groups is 1. The van der Waals surface area contributed by atoms with E-state index in [2.05, 4.69) is 31.2 Å². The maximum Gasteiger partial charge on any atom is 0.251 e. The van der Waals surface area contributed by atoms with Crippen LogP contribution in [0.5, 0.6) is 0 Å². The second kappa shape index (κ2) is 12.1. The third-order valence-corrected chi connectivity index (χ3v) is 8.09. The Kier molecular flexibility index (Phi) is 8.42. The first-order valence-electron chi connectivity index (χ1n) is 12.8. The van der Waals surface area contributed by atoms with Gasteiger partial charge in [0, 0.05) is 35.9 Å². The molecular weight excluding hydrogens is 496 g/mol. The van der Waals surface area contributed by atoms with Crippen molar-refractivity contribution in [2.24, 2.45) is 11.7 Å². The number of aliphatic hydroxyl groups excluding tert-OH is 1. The summed E-state index contributed by atoms with van der Waals surface area (Å²) in [5.41, 5.74) is 11.9. The molecule has 0 amide bonds. The van der Waals surface area contributed by atoms with Crippen LogP contribution in [0.4, 0.5) is 0 Å². The summed E-state index contributed by atoms with van der Waals surface area (Å²) in [6.45, 7) is 2.62. The first-order chi connectivity index (χ1) is 18.6. The minimum absolute atomic E-state index is 0.000827. The lowest BCUT2D eigenvalue weighted by molar-refractivity contribution is -0.645. The van der Waals surface area contributed by atoms with Gasteiger partial charge in [0.15, 0.2) is 12.5 Å². The molecule has 1 aromatic heterocycles. The van der Waals surface area contributed by atoms with Crippen molar-refractivity contribution in [1.29, 1.82) is 0 Å². The second-order valence-corrected chi connectivity index (χ2v) is 10.6. The molecule has 4 aromatic rings. The Balaban J connectivity index is 1.40. The van der Waals surface area contributed by atoms with E-state index in [1.54, 1.807) is 6.07 Å². The molecule has 0 spiro atoms. The smallest absolute Gasteiger partial charge is 0.251 e. The highest BCUT2D eigenvalue weighted by molar-refractivity contribution is 7.99. The van der Waals surface area contributed by atoms with Crippen molar-refractivity contribution in [1.82, 2.24) is 0 Å². The van der Waals surface area contributed by atoms with Crippen LogP contribution >= 0.6 is 11.8 Å². The average molecular weight is 529 g/mol. The van der Waals surface area contributed by atoms with E-state index >= 15 is 0 Å². The van der Waals surface area contributed by atoms with Crippen LogP contribution in [-0.4, -0.2) is 17.0 Å². The van der Waals surface area contributed by atoms with E-state index in [1.807, 2.05) is 60.7 Å². The van der Waals surface area contributed by atoms with Gasteiger partial charge in [0.2, 0.25) is 0 Å². The molecule has 196 valence electrons. The van der Waals surface area contributed by atoms with Crippen LogP contribution in [0.15, 0.2) is 102 Å². The van der Waals surface area contributed by atoms with E-state index < -0.39 is 6.29 Å². The third-order valence-electron chi connectivity index (χ3n) is 6.99. The topological polar surface area (TPSA) is 91.7 Å². The minimum atomic E-state index is -0.557. The second-order valence-electron chi connectivity index (χ2n) is 9.52. The van der Waals surface area contributed by atoms with Gasteiger partial charge in [-0.25, -0.2) is 0 Å². The van der Waals surface area contributed by atoms with Crippen LogP contribution in [0.1, 0.15) is 41.6 Å². The summed E-state index contributed by atoms with van der Waals surface area (Å²) in [6, 6.07) is 29.8. The normalized spacial score (nSPS) is 21.3. The van der Waals surface area contributed by atoms with Crippen molar-refractivity contribution in [3.05, 3.63) is 125 Å². The molecule has 0 aliphatic carbocycles. The van der Waals surface area contributed by atoms with E-state index in [9.17, 15) is 10.3 Å². The van der Waals surface area contributed by atoms with E-state index in [4.69, 9.17) is 15.2 Å². The van der Waals surface area contributed by atoms with Gasteiger partial charge in [-0.1, -0.05) is 85.4 Å². The van der Waals surface area contributed by atoms with Gasteiger partial charge in [0.05, 0.1) is 18.8 Å². The molecule has 6 nitrogen and oxygen atoms in total. The van der Waals surface area contributed by atoms with Crippen LogP contribution in [0.2, 0.25) is 0 Å². The predicted molar refractivity (Wildman–Crippen MR) is 149 cm³/mol. The molecule has 0 bridgehead atoms. The number of aromatic nitrogens is 1. The number of benzene rings is 3. The Morgan fingerprint density at radius 3 is 2.34 bits per heavy atom. The highest BCUT2D eigenvalue weighted by Gasteiger charge is 2.38. The minimum Gasteiger partial charge on any atom is -0.618 e. The van der Waals surface area contributed by atoms with Crippen molar-refractivity contribution in [2.45, 2.75) is 43.6 Å². The van der Waals surface area contributed by atoms with E-state index in [0.29, 0.717) is 17.3 Å². The Bertz CT molecular complexity index is 1350. The quantitative estimate of drug-likeness (QED) is 0.178. The van der Waals surface area contributed by atoms with Crippen molar-refractivity contribution in [3.63, 3.8) is 0 Å². The Hall–Kier alpha value is -3.20. The van der Waals surface area contributed by atoms with Crippen LogP contribution in [-0.2, 0) is 22.6 Å². The lowest BCUT2D eigenvalue weighted by Gasteiger charge is -2.41. The fourth-order valence-corrected chi connectivity index (χ4v) is 5.79. The van der Waals surface area contributed by atoms with Gasteiger partial charge >= 0.3 is 0 Å². The number of hydrogen-bond donors (Lipinski definition) is 2. The summed E-state index contributed by atoms with van der Waals surface area (Å²) < 4.78 is 14.0. The zero-order valence-electron chi connectivity index (χ0n) is 21.3. The summed E-state index contributed by atoms with van der Waals surface area (Å²) in [4.78, 5) is 0. The van der Waals surface area contributed by atoms with Crippen molar-refractivity contribution in [2.75, 3.05) is 5.75 Å². The van der Waals surface area contributed by atoms with Gasteiger partial charge in [0.1, 0.15) is 0 Å². The van der Waals surface area contributed by atoms with Gasteiger partial charge in [-0.15, -0.1) is 0 Å². The largest absolute Gasteiger partial charge is 0.618 e. The predicted octanol–water partition coefficient (Wildman–Crippen LogP) is 5.52. The van der Waals surface area contributed by atoms with Gasteiger partial charge in [-0.3, -0.25) is 0 Å². The lowest BCUT2D eigenvalue weighted by Crippen LogP contribution is -2.39. The molecule has 38 heavy (non-hydrogen) atoms. The average Bonchev–Trinajstić information content (AvgIpc) is 2.97. The number of hydrogen-bond acceptors (Lipinski definition) is 6. The maximum absolute atomic E-state index is 12.2. The van der Waals surface area contributed by atoms with Crippen LogP contribution < -0.4 is 10.5 Å². The van der Waals surface area contributed by atoms with Crippen molar-refractivity contribution < 1.29 is 19.3 Å². The first kappa shape index (κ1) is 26.4. The molecule has 7 heteroatoms. The number of nitrogens with two attached hydrogens (primary N) is 1. The fraction of sp³-hybridized carbons (Fsp3) is 0.258. The molecule has 0 saturated carbocycles. The molecular formula is C31H32N2O4S. The number of nitrogens with zero attached hydrogens (tertiary/aromatic N) is 1. The van der Waals surface area contributed by atoms with Gasteiger partial charge in [-0.2, -0.15) is 4.73 Å². The molecule has 1 aliphatic rings. The molecule has 0 radical (unpaired) electrons. The first-order valence-corrected chi connectivity index (χ1v) is 13.7. The van der Waals surface area contributed by atoms with Crippen LogP contribution in [0.3, 0.4) is 0 Å². The Morgan fingerprint density at radius 2 is 1.63 bits per heavy atom. The fourth-order valence-electron chi connectivity index (χ4n) is 4.71. The number of ether oxygens (including phenoxy) is 2. The Morgan fingerprint density at radius 1 is 0.868 bits per heavy atom. The summed E-state index contributed by atoms with van der Waals surface area (Å²) in [6.07, 6.45) is 0.597. The van der Waals surface area contributed by atoms with Crippen molar-refractivity contribution in [3.8, 4) is 11.1 Å². The lowest BCUT2D eigenvalue weighted by atomic mass is 9.91. The summed E-state index contributed by atoms with van der Waals surface area (Å²) in [5.74, 6) is 0.656. The van der Waals surface area contributed by atoms with Crippen molar-refractivity contribution >= 4 is 11.8 Å². The van der Waals surface area contributed by atoms with Gasteiger partial charge in [0.25, 0.3) is 5.03 Å². The number of rotatable bonds is 8. The third kappa shape index (κ3) is 5.93. The summed E-state index contributed by atoms with van der Waals surface area (Å²) in [5, 5.41) is 22.3. The summed E-state index contributed by atoms with van der Waals surface area (Å²) >= 11 is 1.49. The summed E-state index contributed by atoms with van der Waals surface area (Å²) in [7, 11) is 0. The molecule has 2 heterocycles. The number of pyridine rings is 1. The van der Waals surface area contributed by atoms with E-state index in [-0.39, 0.29) is 24.7 Å². The van der Waals surface area contributed by atoms with Gasteiger partial charge < -0.3 is 25.5 Å². The molecule has 1 aliphatic heterocycles. The highest BCUT2D eigenvalue weighted by Crippen LogP contribution is 2.43. The molecule has 4 atom stereocenters. The SMILES string of the molecule is CC1C(CSc2cccc[n+]2[O-])OC(c2ccc(-c3cccc(CN)c3)cc2)OC1c1ccc(CO)cc1. The molecule has 1 saturated heterocycles. The monoisotopic (exact) mass is 528 g/mol. The molecule has 5 rings (SSSR count). The van der Waals surface area contributed by atoms with E-state index in [1.165, 1.54) is 18.0 Å². The van der Waals surface area contributed by atoms with E-state index in [0.717, 1.165) is 38.1 Å². The molecule has 1 fully saturated rings. The zero-order chi connectivity index (χ0) is 26.5. The highest BCUT2D eigenvalue weighted by atomic mass is 32.2. The molecule has 4 unspecified atom stereocenters. The van der Waals surface area contributed by atoms with Crippen LogP contribution in [0.25, 0.3) is 11.1 Å². The van der Waals surface area contributed by atoms with Gasteiger partial charge in [-0.05, 0) is 39.9 Å². The number of aliphatic hydroxyl groups is 1. The standard InChI is InChI=1S/C31H32N2O4S/c1-21-28(20-38-29-7-2-3-16-33(29)35)36-31(37-30(21)25-10-8-22(19-34)9-11-25)26-14-12-24(13-15-26)27-6-4-5-23(17-27)18-32/h2-17,21,28,30-31,34H,18-20,32H2,1H3.